The van der Waals surface area contributed by atoms with Gasteiger partial charge in [-0.2, -0.15) is 0 Å². The van der Waals surface area contributed by atoms with Gasteiger partial charge in [-0.25, -0.2) is 9.67 Å². The van der Waals surface area contributed by atoms with Crippen LogP contribution in [0.15, 0.2) is 72.8 Å². The number of amides is 1. The van der Waals surface area contributed by atoms with E-state index in [1.807, 2.05) is 12.1 Å². The first-order chi connectivity index (χ1) is 17.8. The maximum Gasteiger partial charge on any atom is 0.288 e. The lowest BCUT2D eigenvalue weighted by Crippen LogP contribution is -2.53. The van der Waals surface area contributed by atoms with Crippen molar-refractivity contribution >= 4 is 5.91 Å². The normalized spacial score (nSPS) is 18.1. The SMILES string of the molecule is Cc1nc(C(N)=O)nn1-c1ccc(Cc2ccc(-c3ccc(CN4C[C@H](C)N[C@@H](C)C4)cc3)cc2)cc1. The lowest BCUT2D eigenvalue weighted by Gasteiger charge is -2.36. The summed E-state index contributed by atoms with van der Waals surface area (Å²) in [5.74, 6) is 0.0238. The van der Waals surface area contributed by atoms with Gasteiger partial charge < -0.3 is 11.1 Å². The highest BCUT2D eigenvalue weighted by Crippen LogP contribution is 2.23. The first kappa shape index (κ1) is 24.9. The number of carbonyl (C=O) groups excluding carboxylic acids is 1. The summed E-state index contributed by atoms with van der Waals surface area (Å²) in [6, 6.07) is 27.0. The van der Waals surface area contributed by atoms with Crippen LogP contribution < -0.4 is 11.1 Å². The van der Waals surface area contributed by atoms with Gasteiger partial charge in [0.1, 0.15) is 5.82 Å². The number of nitrogens with one attached hydrogen (secondary N) is 1. The minimum absolute atomic E-state index is 0.0279. The highest BCUT2D eigenvalue weighted by molar-refractivity contribution is 5.88. The lowest BCUT2D eigenvalue weighted by atomic mass is 9.99. The van der Waals surface area contributed by atoms with Crippen molar-refractivity contribution in [3.05, 3.63) is 101 Å². The Morgan fingerprint density at radius 2 is 1.38 bits per heavy atom. The molecule has 2 heterocycles. The summed E-state index contributed by atoms with van der Waals surface area (Å²) in [6.45, 7) is 9.49. The first-order valence-electron chi connectivity index (χ1n) is 12.8. The van der Waals surface area contributed by atoms with E-state index in [-0.39, 0.29) is 5.82 Å². The van der Waals surface area contributed by atoms with Crippen LogP contribution in [0.4, 0.5) is 0 Å². The molecule has 1 aromatic heterocycles. The molecular formula is C30H34N6O. The summed E-state index contributed by atoms with van der Waals surface area (Å²) in [6.07, 6.45) is 0.837. The molecule has 0 bridgehead atoms. The molecule has 0 spiro atoms. The topological polar surface area (TPSA) is 89.1 Å². The molecule has 0 saturated carbocycles. The number of hydrogen-bond donors (Lipinski definition) is 2. The third-order valence-corrected chi connectivity index (χ3v) is 6.86. The maximum atomic E-state index is 11.4. The summed E-state index contributed by atoms with van der Waals surface area (Å²) in [7, 11) is 0. The van der Waals surface area contributed by atoms with Crippen LogP contribution in [0, 0.1) is 6.92 Å². The second kappa shape index (κ2) is 10.7. The molecule has 4 aromatic rings. The molecule has 3 aromatic carbocycles. The van der Waals surface area contributed by atoms with E-state index in [0.717, 1.165) is 31.7 Å². The smallest absolute Gasteiger partial charge is 0.288 e. The summed E-state index contributed by atoms with van der Waals surface area (Å²) in [5.41, 5.74) is 12.4. The molecule has 7 nitrogen and oxygen atoms in total. The van der Waals surface area contributed by atoms with Crippen molar-refractivity contribution in [2.45, 2.75) is 45.8 Å². The van der Waals surface area contributed by atoms with Crippen molar-refractivity contribution in [3.63, 3.8) is 0 Å². The largest absolute Gasteiger partial charge is 0.363 e. The highest BCUT2D eigenvalue weighted by Gasteiger charge is 2.20. The Morgan fingerprint density at radius 3 is 1.89 bits per heavy atom. The van der Waals surface area contributed by atoms with Crippen LogP contribution in [-0.4, -0.2) is 50.7 Å². The van der Waals surface area contributed by atoms with Crippen LogP contribution in [0.5, 0.6) is 0 Å². The number of piperazine rings is 1. The summed E-state index contributed by atoms with van der Waals surface area (Å²) < 4.78 is 1.63. The molecular weight excluding hydrogens is 460 g/mol. The van der Waals surface area contributed by atoms with Gasteiger partial charge in [0, 0.05) is 31.7 Å². The molecule has 1 aliphatic heterocycles. The number of aryl methyl sites for hydroxylation is 1. The van der Waals surface area contributed by atoms with Gasteiger partial charge in [0.05, 0.1) is 5.69 Å². The minimum Gasteiger partial charge on any atom is -0.363 e. The van der Waals surface area contributed by atoms with Gasteiger partial charge in [-0.05, 0) is 67.1 Å². The van der Waals surface area contributed by atoms with E-state index in [1.165, 1.54) is 27.8 Å². The van der Waals surface area contributed by atoms with E-state index >= 15 is 0 Å². The van der Waals surface area contributed by atoms with Gasteiger partial charge in [-0.3, -0.25) is 9.69 Å². The predicted molar refractivity (Wildman–Crippen MR) is 147 cm³/mol. The van der Waals surface area contributed by atoms with Gasteiger partial charge in [-0.15, -0.1) is 5.10 Å². The number of carbonyl (C=O) groups is 1. The minimum atomic E-state index is -0.627. The van der Waals surface area contributed by atoms with Crippen LogP contribution in [-0.2, 0) is 13.0 Å². The Balaban J connectivity index is 1.21. The zero-order chi connectivity index (χ0) is 25.9. The molecule has 1 saturated heterocycles. The van der Waals surface area contributed by atoms with Gasteiger partial charge in [0.15, 0.2) is 0 Å². The number of aromatic nitrogens is 3. The third-order valence-electron chi connectivity index (χ3n) is 6.86. The molecule has 5 rings (SSSR count). The number of rotatable bonds is 7. The fourth-order valence-electron chi connectivity index (χ4n) is 5.17. The Bertz CT molecular complexity index is 1350. The first-order valence-corrected chi connectivity index (χ1v) is 12.8. The second-order valence-corrected chi connectivity index (χ2v) is 10.2. The second-order valence-electron chi connectivity index (χ2n) is 10.2. The van der Waals surface area contributed by atoms with Crippen LogP contribution in [0.1, 0.15) is 47.0 Å². The van der Waals surface area contributed by atoms with Crippen molar-refractivity contribution in [2.24, 2.45) is 5.73 Å². The van der Waals surface area contributed by atoms with Gasteiger partial charge in [0.2, 0.25) is 5.82 Å². The monoisotopic (exact) mass is 494 g/mol. The fourth-order valence-corrected chi connectivity index (χ4v) is 5.17. The quantitative estimate of drug-likeness (QED) is 0.404. The summed E-state index contributed by atoms with van der Waals surface area (Å²) in [5, 5.41) is 7.80. The van der Waals surface area contributed by atoms with Crippen molar-refractivity contribution in [2.75, 3.05) is 13.1 Å². The Morgan fingerprint density at radius 1 is 0.865 bits per heavy atom. The van der Waals surface area contributed by atoms with Crippen LogP contribution in [0.25, 0.3) is 16.8 Å². The van der Waals surface area contributed by atoms with E-state index in [1.54, 1.807) is 11.6 Å². The Kier molecular flexibility index (Phi) is 7.17. The van der Waals surface area contributed by atoms with Crippen molar-refractivity contribution < 1.29 is 4.79 Å². The maximum absolute atomic E-state index is 11.4. The van der Waals surface area contributed by atoms with Crippen molar-refractivity contribution in [1.82, 2.24) is 25.0 Å². The van der Waals surface area contributed by atoms with E-state index in [2.05, 4.69) is 94.8 Å². The fraction of sp³-hybridized carbons (Fsp3) is 0.300. The number of primary amides is 1. The molecule has 0 aliphatic carbocycles. The van der Waals surface area contributed by atoms with Gasteiger partial charge >= 0.3 is 0 Å². The molecule has 190 valence electrons. The number of nitrogens with two attached hydrogens (primary N) is 1. The van der Waals surface area contributed by atoms with Crippen LogP contribution >= 0.6 is 0 Å². The number of benzene rings is 3. The van der Waals surface area contributed by atoms with E-state index in [9.17, 15) is 4.79 Å². The standard InChI is InChI=1S/C30H34N6O/c1-20-17-35(18-21(2)32-20)19-25-6-12-27(13-7-25)26-10-4-23(5-11-26)16-24-8-14-28(15-9-24)36-22(3)33-30(34-36)29(31)37/h4-15,20-21,32H,16-19H2,1-3H3,(H2,31,37)/t20-,21-/m0/s1. The molecule has 1 aliphatic rings. The predicted octanol–water partition coefficient (Wildman–Crippen LogP) is 4.11. The van der Waals surface area contributed by atoms with E-state index in [0.29, 0.717) is 17.9 Å². The van der Waals surface area contributed by atoms with Crippen molar-refractivity contribution in [3.8, 4) is 16.8 Å². The average molecular weight is 495 g/mol. The average Bonchev–Trinajstić information content (AvgIpc) is 3.27. The van der Waals surface area contributed by atoms with E-state index < -0.39 is 5.91 Å². The van der Waals surface area contributed by atoms with Crippen LogP contribution in [0.2, 0.25) is 0 Å². The zero-order valence-electron chi connectivity index (χ0n) is 21.7. The molecule has 1 amide bonds. The van der Waals surface area contributed by atoms with Crippen LogP contribution in [0.3, 0.4) is 0 Å². The molecule has 7 heteroatoms. The molecule has 0 unspecified atom stereocenters. The molecule has 0 radical (unpaired) electrons. The highest BCUT2D eigenvalue weighted by atomic mass is 16.1. The molecule has 2 atom stereocenters. The Hall–Kier alpha value is -3.81. The van der Waals surface area contributed by atoms with Gasteiger partial charge in [-0.1, -0.05) is 60.7 Å². The number of nitrogens with zero attached hydrogens (tertiary/aromatic N) is 4. The summed E-state index contributed by atoms with van der Waals surface area (Å²) in [4.78, 5) is 18.0. The lowest BCUT2D eigenvalue weighted by molar-refractivity contribution is 0.0990. The van der Waals surface area contributed by atoms with E-state index in [4.69, 9.17) is 5.73 Å². The van der Waals surface area contributed by atoms with Crippen molar-refractivity contribution in [1.29, 1.82) is 0 Å². The molecule has 1 fully saturated rings. The summed E-state index contributed by atoms with van der Waals surface area (Å²) >= 11 is 0. The molecule has 3 N–H and O–H groups in total. The van der Waals surface area contributed by atoms with Gasteiger partial charge in [0.25, 0.3) is 5.91 Å². The third kappa shape index (κ3) is 5.96. The number of hydrogen-bond acceptors (Lipinski definition) is 5. The zero-order valence-corrected chi connectivity index (χ0v) is 21.7. The Labute approximate surface area is 218 Å². The molecule has 37 heavy (non-hydrogen) atoms.